The van der Waals surface area contributed by atoms with Crippen molar-refractivity contribution in [2.24, 2.45) is 0 Å². The van der Waals surface area contributed by atoms with Crippen LogP contribution in [0.25, 0.3) is 0 Å². The largest absolute Gasteiger partial charge is 0.390 e. The number of alkyl halides is 3. The van der Waals surface area contributed by atoms with Crippen LogP contribution in [-0.2, 0) is 0 Å². The van der Waals surface area contributed by atoms with Crippen LogP contribution in [0.4, 0.5) is 13.2 Å². The lowest BCUT2D eigenvalue weighted by atomic mass is 10.3. The van der Waals surface area contributed by atoms with E-state index < -0.39 is 12.6 Å². The van der Waals surface area contributed by atoms with Gasteiger partial charge in [0, 0.05) is 6.54 Å². The molecule has 0 radical (unpaired) electrons. The molecule has 1 saturated heterocycles. The van der Waals surface area contributed by atoms with E-state index in [0.717, 1.165) is 26.1 Å². The van der Waals surface area contributed by atoms with Gasteiger partial charge in [0.15, 0.2) is 0 Å². The van der Waals surface area contributed by atoms with Crippen molar-refractivity contribution >= 4 is 0 Å². The monoisotopic (exact) mass is 224 g/mol. The zero-order valence-electron chi connectivity index (χ0n) is 8.95. The summed E-state index contributed by atoms with van der Waals surface area (Å²) >= 11 is 0. The Hall–Kier alpha value is -0.290. The summed E-state index contributed by atoms with van der Waals surface area (Å²) in [6.45, 7) is 4.06. The summed E-state index contributed by atoms with van der Waals surface area (Å²) in [6.07, 6.45) is -1.28. The molecule has 1 heterocycles. The highest BCUT2D eigenvalue weighted by Crippen LogP contribution is 2.18. The van der Waals surface area contributed by atoms with Crippen molar-refractivity contribution in [2.45, 2.75) is 31.9 Å². The smallest absolute Gasteiger partial charge is 0.316 e. The molecular formula is C10H19F3N2. The second-order valence-electron chi connectivity index (χ2n) is 4.02. The predicted octanol–water partition coefficient (Wildman–Crippen LogP) is 2.01. The maximum atomic E-state index is 11.8. The minimum Gasteiger partial charge on any atom is -0.316 e. The summed E-state index contributed by atoms with van der Waals surface area (Å²) in [4.78, 5) is 2.37. The van der Waals surface area contributed by atoms with E-state index in [4.69, 9.17) is 0 Å². The Bertz CT molecular complexity index is 165. The minimum absolute atomic E-state index is 0.0451. The minimum atomic E-state index is -4.03. The van der Waals surface area contributed by atoms with Crippen molar-refractivity contribution in [3.63, 3.8) is 0 Å². The molecule has 0 atom stereocenters. The number of likely N-dealkylation sites (tertiary alicyclic amines) is 1. The molecular weight excluding hydrogens is 205 g/mol. The zero-order chi connectivity index (χ0) is 11.1. The molecule has 1 aliphatic heterocycles. The fraction of sp³-hybridized carbons (Fsp3) is 1.00. The Morgan fingerprint density at radius 1 is 1.07 bits per heavy atom. The lowest BCUT2D eigenvalue weighted by Gasteiger charge is -2.14. The molecule has 0 saturated carbocycles. The summed E-state index contributed by atoms with van der Waals surface area (Å²) in [5, 5.41) is 2.82. The van der Waals surface area contributed by atoms with Gasteiger partial charge in [-0.25, -0.2) is 0 Å². The first kappa shape index (κ1) is 12.8. The van der Waals surface area contributed by atoms with Crippen LogP contribution in [0.3, 0.4) is 0 Å². The molecule has 90 valence electrons. The first-order chi connectivity index (χ1) is 7.08. The fourth-order valence-electron chi connectivity index (χ4n) is 1.79. The van der Waals surface area contributed by atoms with Crippen LogP contribution in [0.1, 0.15) is 25.7 Å². The van der Waals surface area contributed by atoms with Crippen LogP contribution in [0.2, 0.25) is 0 Å². The predicted molar refractivity (Wildman–Crippen MR) is 53.8 cm³/mol. The summed E-state index contributed by atoms with van der Waals surface area (Å²) in [5.41, 5.74) is 0. The molecule has 1 rings (SSSR count). The molecule has 15 heavy (non-hydrogen) atoms. The molecule has 0 aromatic carbocycles. The van der Waals surface area contributed by atoms with E-state index >= 15 is 0 Å². The zero-order valence-corrected chi connectivity index (χ0v) is 8.95. The van der Waals surface area contributed by atoms with E-state index in [1.165, 1.54) is 12.8 Å². The summed E-state index contributed by atoms with van der Waals surface area (Å²) in [7, 11) is 0. The molecule has 0 bridgehead atoms. The summed E-state index contributed by atoms with van der Waals surface area (Å²) in [6, 6.07) is 0. The van der Waals surface area contributed by atoms with Crippen LogP contribution < -0.4 is 5.32 Å². The van der Waals surface area contributed by atoms with Crippen LogP contribution in [0.5, 0.6) is 0 Å². The third-order valence-electron chi connectivity index (χ3n) is 2.61. The van der Waals surface area contributed by atoms with E-state index in [9.17, 15) is 13.2 Å². The van der Waals surface area contributed by atoms with Crippen molar-refractivity contribution in [1.82, 2.24) is 10.2 Å². The van der Waals surface area contributed by atoms with Crippen molar-refractivity contribution < 1.29 is 13.2 Å². The van der Waals surface area contributed by atoms with Crippen LogP contribution in [-0.4, -0.2) is 43.8 Å². The highest BCUT2D eigenvalue weighted by Gasteiger charge is 2.25. The number of rotatable bonds is 6. The first-order valence-electron chi connectivity index (χ1n) is 5.58. The van der Waals surface area contributed by atoms with Gasteiger partial charge < -0.3 is 10.2 Å². The molecule has 0 spiro atoms. The molecule has 0 aromatic heterocycles. The highest BCUT2D eigenvalue weighted by atomic mass is 19.4. The fourth-order valence-corrected chi connectivity index (χ4v) is 1.79. The number of hydrogen-bond donors (Lipinski definition) is 1. The van der Waals surface area contributed by atoms with Gasteiger partial charge in [-0.1, -0.05) is 0 Å². The average Bonchev–Trinajstić information content (AvgIpc) is 2.61. The maximum absolute atomic E-state index is 11.8. The summed E-state index contributed by atoms with van der Waals surface area (Å²) < 4.78 is 35.3. The molecule has 0 aliphatic carbocycles. The number of halogens is 3. The summed E-state index contributed by atoms with van der Waals surface area (Å²) in [5.74, 6) is 0. The van der Waals surface area contributed by atoms with E-state index in [1.807, 2.05) is 0 Å². The molecule has 2 nitrogen and oxygen atoms in total. The number of hydrogen-bond acceptors (Lipinski definition) is 2. The highest BCUT2D eigenvalue weighted by molar-refractivity contribution is 4.66. The molecule has 0 amide bonds. The van der Waals surface area contributed by atoms with Gasteiger partial charge in [-0.2, -0.15) is 13.2 Å². The molecule has 0 aromatic rings. The Balaban J connectivity index is 1.84. The quantitative estimate of drug-likeness (QED) is 0.694. The van der Waals surface area contributed by atoms with Crippen LogP contribution in [0, 0.1) is 0 Å². The van der Waals surface area contributed by atoms with Gasteiger partial charge in [0.1, 0.15) is 0 Å². The third-order valence-corrected chi connectivity index (χ3v) is 2.61. The van der Waals surface area contributed by atoms with Gasteiger partial charge >= 0.3 is 6.18 Å². The van der Waals surface area contributed by atoms with Crippen molar-refractivity contribution in [1.29, 1.82) is 0 Å². The Labute approximate surface area is 88.8 Å². The third kappa shape index (κ3) is 6.73. The standard InChI is InChI=1S/C10H19F3N2/c11-10(12,13)4-6-14-5-3-9-15-7-1-2-8-15/h14H,1-9H2. The molecule has 0 unspecified atom stereocenters. The second kappa shape index (κ2) is 6.33. The van der Waals surface area contributed by atoms with Crippen molar-refractivity contribution in [3.05, 3.63) is 0 Å². The lowest BCUT2D eigenvalue weighted by Crippen LogP contribution is -2.27. The molecule has 1 N–H and O–H groups in total. The number of nitrogens with zero attached hydrogens (tertiary/aromatic N) is 1. The van der Waals surface area contributed by atoms with Gasteiger partial charge in [-0.15, -0.1) is 0 Å². The maximum Gasteiger partial charge on any atom is 0.390 e. The van der Waals surface area contributed by atoms with Gasteiger partial charge in [0.05, 0.1) is 6.42 Å². The van der Waals surface area contributed by atoms with Crippen LogP contribution >= 0.6 is 0 Å². The molecule has 1 fully saturated rings. The lowest BCUT2D eigenvalue weighted by molar-refractivity contribution is -0.133. The van der Waals surface area contributed by atoms with Gasteiger partial charge in [-0.05, 0) is 45.4 Å². The molecule has 1 aliphatic rings. The SMILES string of the molecule is FC(F)(F)CCNCCCN1CCCC1. The Morgan fingerprint density at radius 2 is 1.73 bits per heavy atom. The first-order valence-corrected chi connectivity index (χ1v) is 5.58. The van der Waals surface area contributed by atoms with Crippen molar-refractivity contribution in [3.8, 4) is 0 Å². The van der Waals surface area contributed by atoms with E-state index in [-0.39, 0.29) is 6.54 Å². The van der Waals surface area contributed by atoms with Gasteiger partial charge in [0.25, 0.3) is 0 Å². The van der Waals surface area contributed by atoms with Crippen molar-refractivity contribution in [2.75, 3.05) is 32.7 Å². The Morgan fingerprint density at radius 3 is 2.33 bits per heavy atom. The normalized spacial score (nSPS) is 18.6. The van der Waals surface area contributed by atoms with Gasteiger partial charge in [0.2, 0.25) is 0 Å². The Kier molecular flexibility index (Phi) is 5.39. The van der Waals surface area contributed by atoms with E-state index in [0.29, 0.717) is 6.54 Å². The topological polar surface area (TPSA) is 15.3 Å². The van der Waals surface area contributed by atoms with E-state index in [2.05, 4.69) is 10.2 Å². The van der Waals surface area contributed by atoms with Crippen LogP contribution in [0.15, 0.2) is 0 Å². The average molecular weight is 224 g/mol. The molecule has 5 heteroatoms. The van der Waals surface area contributed by atoms with E-state index in [1.54, 1.807) is 0 Å². The second-order valence-corrected chi connectivity index (χ2v) is 4.02. The number of nitrogens with one attached hydrogen (secondary N) is 1. The van der Waals surface area contributed by atoms with Gasteiger partial charge in [-0.3, -0.25) is 0 Å².